The molecule has 0 N–H and O–H groups in total. The number of alkyl halides is 1. The number of rotatable bonds is 3. The molecule has 2 aliphatic rings. The summed E-state index contributed by atoms with van der Waals surface area (Å²) in [7, 11) is 0. The molecule has 0 saturated heterocycles. The maximum atomic E-state index is 2.53. The molecule has 1 saturated carbocycles. The first-order valence-corrected chi connectivity index (χ1v) is 9.10. The first kappa shape index (κ1) is 12.1. The van der Waals surface area contributed by atoms with E-state index in [0.29, 0.717) is 20.7 Å². The van der Waals surface area contributed by atoms with Crippen molar-refractivity contribution in [1.29, 1.82) is 0 Å². The third kappa shape index (κ3) is 3.28. The standard InChI is InChI=1S/C14H25I/c1-3-14-10-13(11(2)15-14)9-12-7-5-4-6-8-12/h11-13H,3-10H2,1-2H3. The molecule has 0 aromatic heterocycles. The van der Waals surface area contributed by atoms with Crippen molar-refractivity contribution in [3.63, 3.8) is 0 Å². The average molecular weight is 320 g/mol. The molecule has 2 unspecified atom stereocenters. The maximum absolute atomic E-state index is 2.53. The smallest absolute Gasteiger partial charge is 0.00649 e. The summed E-state index contributed by atoms with van der Waals surface area (Å²) in [6, 6.07) is 0. The van der Waals surface area contributed by atoms with Gasteiger partial charge in [-0.15, -0.1) is 20.7 Å². The van der Waals surface area contributed by atoms with E-state index in [1.807, 2.05) is 3.51 Å². The molecule has 0 aromatic rings. The molecule has 2 atom stereocenters. The Balaban J connectivity index is 1.80. The van der Waals surface area contributed by atoms with E-state index in [0.717, 1.165) is 15.8 Å². The lowest BCUT2D eigenvalue weighted by Gasteiger charge is -2.26. The van der Waals surface area contributed by atoms with Gasteiger partial charge in [0.1, 0.15) is 0 Å². The van der Waals surface area contributed by atoms with Gasteiger partial charge in [0.25, 0.3) is 0 Å². The highest BCUT2D eigenvalue weighted by Crippen LogP contribution is 2.40. The minimum Gasteiger partial charge on any atom is -0.120 e. The van der Waals surface area contributed by atoms with E-state index in [-0.39, 0.29) is 0 Å². The zero-order chi connectivity index (χ0) is 10.7. The predicted molar refractivity (Wildman–Crippen MR) is 78.1 cm³/mol. The van der Waals surface area contributed by atoms with Crippen molar-refractivity contribution in [2.24, 2.45) is 11.8 Å². The van der Waals surface area contributed by atoms with Crippen LogP contribution in [0, 0.1) is 11.8 Å². The van der Waals surface area contributed by atoms with Crippen LogP contribution in [0.3, 0.4) is 0 Å². The largest absolute Gasteiger partial charge is 0.120 e. The van der Waals surface area contributed by atoms with Gasteiger partial charge in [-0.05, 0) is 34.6 Å². The first-order valence-electron chi connectivity index (χ1n) is 6.77. The Morgan fingerprint density at radius 3 is 2.53 bits per heavy atom. The summed E-state index contributed by atoms with van der Waals surface area (Å²) in [5, 5.41) is 0. The molecular weight excluding hydrogens is 295 g/mol. The van der Waals surface area contributed by atoms with Gasteiger partial charge in [-0.1, -0.05) is 46.0 Å². The lowest BCUT2D eigenvalue weighted by Crippen LogP contribution is -2.16. The van der Waals surface area contributed by atoms with Crippen molar-refractivity contribution in [3.05, 3.63) is 0 Å². The Kier molecular flexibility index (Phi) is 4.66. The van der Waals surface area contributed by atoms with E-state index >= 15 is 0 Å². The topological polar surface area (TPSA) is 0 Å². The Hall–Kier alpha value is 0.600. The molecule has 1 heterocycles. The third-order valence-electron chi connectivity index (χ3n) is 4.20. The van der Waals surface area contributed by atoms with Crippen molar-refractivity contribution in [3.8, 4) is 0 Å². The molecule has 15 heavy (non-hydrogen) atoms. The molecule has 0 nitrogen and oxygen atoms in total. The Morgan fingerprint density at radius 1 is 1.20 bits per heavy atom. The number of hydrogen-bond acceptors (Lipinski definition) is 0. The number of hydrogen-bond donors (Lipinski definition) is 0. The molecular formula is C14H25I. The lowest BCUT2D eigenvalue weighted by atomic mass is 9.80. The van der Waals surface area contributed by atoms with Crippen molar-refractivity contribution < 1.29 is 0 Å². The summed E-state index contributed by atoms with van der Waals surface area (Å²) in [4.78, 5) is 0. The summed E-state index contributed by atoms with van der Waals surface area (Å²) in [6.07, 6.45) is 12.1. The van der Waals surface area contributed by atoms with Crippen LogP contribution < -0.4 is 0 Å². The Morgan fingerprint density at radius 2 is 1.93 bits per heavy atom. The fourth-order valence-corrected chi connectivity index (χ4v) is 6.87. The quantitative estimate of drug-likeness (QED) is 0.511. The fourth-order valence-electron chi connectivity index (χ4n) is 3.17. The minimum absolute atomic E-state index is 0.461. The molecule has 1 aliphatic heterocycles. The third-order valence-corrected chi connectivity index (χ3v) is 8.29. The van der Waals surface area contributed by atoms with Gasteiger partial charge < -0.3 is 0 Å². The Bertz CT molecular complexity index is 225. The second-order valence-electron chi connectivity index (χ2n) is 5.36. The summed E-state index contributed by atoms with van der Waals surface area (Å²) in [5.41, 5.74) is 0. The van der Waals surface area contributed by atoms with Crippen molar-refractivity contribution in [2.45, 2.75) is 69.1 Å². The second-order valence-corrected chi connectivity index (χ2v) is 9.47. The van der Waals surface area contributed by atoms with Crippen LogP contribution in [-0.2, 0) is 0 Å². The lowest BCUT2D eigenvalue weighted by molar-refractivity contribution is 0.293. The average Bonchev–Trinajstić information content (AvgIpc) is 2.61. The fraction of sp³-hybridized carbons (Fsp3) is 0.929. The molecule has 0 spiro atoms. The molecule has 88 valence electrons. The molecule has 1 fully saturated rings. The van der Waals surface area contributed by atoms with Crippen molar-refractivity contribution >= 4 is 24.2 Å². The van der Waals surface area contributed by atoms with Crippen molar-refractivity contribution in [2.75, 3.05) is 0 Å². The Labute approximate surface area is 105 Å². The van der Waals surface area contributed by atoms with Crippen LogP contribution in [0.2, 0.25) is 0 Å². The zero-order valence-electron chi connectivity index (χ0n) is 10.3. The molecule has 0 amide bonds. The SMILES string of the molecule is CCC1=IC(C)C(CC2CCCCC2)C1. The van der Waals surface area contributed by atoms with E-state index in [9.17, 15) is 0 Å². The van der Waals surface area contributed by atoms with Crippen LogP contribution in [0.1, 0.15) is 65.2 Å². The van der Waals surface area contributed by atoms with Gasteiger partial charge in [-0.3, -0.25) is 0 Å². The summed E-state index contributed by atoms with van der Waals surface area (Å²) in [6.45, 7) is 4.90. The van der Waals surface area contributed by atoms with Gasteiger partial charge in [0, 0.05) is 3.92 Å². The van der Waals surface area contributed by atoms with Crippen LogP contribution in [0.25, 0.3) is 0 Å². The van der Waals surface area contributed by atoms with Crippen molar-refractivity contribution in [1.82, 2.24) is 0 Å². The summed E-state index contributed by atoms with van der Waals surface area (Å²) >= 11 is 0.461. The highest BCUT2D eigenvalue weighted by molar-refractivity contribution is 14.2. The summed E-state index contributed by atoms with van der Waals surface area (Å²) < 4.78 is 3.06. The second kappa shape index (κ2) is 5.79. The van der Waals surface area contributed by atoms with Gasteiger partial charge in [0.15, 0.2) is 0 Å². The normalized spacial score (nSPS) is 33.6. The molecule has 1 aliphatic carbocycles. The van der Waals surface area contributed by atoms with Gasteiger partial charge in [0.05, 0.1) is 0 Å². The van der Waals surface area contributed by atoms with E-state index in [4.69, 9.17) is 0 Å². The van der Waals surface area contributed by atoms with E-state index in [1.54, 1.807) is 19.3 Å². The molecule has 2 rings (SSSR count). The maximum Gasteiger partial charge on any atom is 0.00649 e. The van der Waals surface area contributed by atoms with Gasteiger partial charge >= 0.3 is 0 Å². The molecule has 0 bridgehead atoms. The van der Waals surface area contributed by atoms with Crippen LogP contribution in [-0.4, -0.2) is 7.43 Å². The van der Waals surface area contributed by atoms with Crippen LogP contribution in [0.15, 0.2) is 0 Å². The first-order chi connectivity index (χ1) is 7.29. The highest BCUT2D eigenvalue weighted by atomic mass is 127. The zero-order valence-corrected chi connectivity index (χ0v) is 12.4. The van der Waals surface area contributed by atoms with Crippen LogP contribution in [0.4, 0.5) is 0 Å². The van der Waals surface area contributed by atoms with E-state index in [2.05, 4.69) is 13.8 Å². The van der Waals surface area contributed by atoms with Crippen LogP contribution in [0.5, 0.6) is 0 Å². The van der Waals surface area contributed by atoms with Gasteiger partial charge in [0.2, 0.25) is 0 Å². The molecule has 0 radical (unpaired) electrons. The van der Waals surface area contributed by atoms with Gasteiger partial charge in [-0.25, -0.2) is 0 Å². The van der Waals surface area contributed by atoms with Gasteiger partial charge in [-0.2, -0.15) is 0 Å². The van der Waals surface area contributed by atoms with Crippen LogP contribution >= 0.6 is 20.7 Å². The van der Waals surface area contributed by atoms with E-state index < -0.39 is 0 Å². The predicted octanol–water partition coefficient (Wildman–Crippen LogP) is 4.92. The van der Waals surface area contributed by atoms with E-state index in [1.165, 1.54) is 32.1 Å². The number of halogens is 1. The highest BCUT2D eigenvalue weighted by Gasteiger charge is 2.27. The summed E-state index contributed by atoms with van der Waals surface area (Å²) in [5.74, 6) is 2.20. The molecule has 0 aromatic carbocycles. The molecule has 1 heteroatoms. The monoisotopic (exact) mass is 320 g/mol. The minimum atomic E-state index is 0.461.